The quantitative estimate of drug-likeness (QED) is 0.457. The fraction of sp³-hybridized carbons (Fsp3) is 0.312. The van der Waals surface area contributed by atoms with Crippen molar-refractivity contribution >= 4 is 64.2 Å². The number of nitrogens with zero attached hydrogens (tertiary/aromatic N) is 5. The fourth-order valence-electron chi connectivity index (χ4n) is 2.26. The van der Waals surface area contributed by atoms with Crippen LogP contribution in [0, 0.1) is 0 Å². The van der Waals surface area contributed by atoms with Crippen LogP contribution in [0.4, 0.5) is 17.6 Å². The first-order valence-corrected chi connectivity index (χ1v) is 10.2. The number of nitrogens with one attached hydrogen (secondary N) is 3. The first-order chi connectivity index (χ1) is 13.5. The molecule has 1 amide bonds. The van der Waals surface area contributed by atoms with E-state index in [1.54, 1.807) is 18.2 Å². The van der Waals surface area contributed by atoms with Gasteiger partial charge < -0.3 is 16.0 Å². The van der Waals surface area contributed by atoms with Gasteiger partial charge in [0.05, 0.1) is 21.5 Å². The van der Waals surface area contributed by atoms with E-state index in [0.29, 0.717) is 51.7 Å². The monoisotopic (exact) mass is 440 g/mol. The molecule has 0 aliphatic heterocycles. The summed E-state index contributed by atoms with van der Waals surface area (Å²) >= 11 is 13.3. The summed E-state index contributed by atoms with van der Waals surface area (Å²) in [4.78, 5) is 25.3. The summed E-state index contributed by atoms with van der Waals surface area (Å²) in [5, 5.41) is 14.4. The average Bonchev–Trinajstić information content (AvgIpc) is 3.07. The second-order valence-electron chi connectivity index (χ2n) is 5.47. The molecule has 0 bridgehead atoms. The van der Waals surface area contributed by atoms with Crippen molar-refractivity contribution < 1.29 is 4.79 Å². The van der Waals surface area contributed by atoms with Crippen LogP contribution in [-0.4, -0.2) is 49.3 Å². The van der Waals surface area contributed by atoms with Crippen molar-refractivity contribution in [1.82, 2.24) is 24.6 Å². The molecule has 0 aliphatic rings. The van der Waals surface area contributed by atoms with Crippen molar-refractivity contribution in [3.63, 3.8) is 0 Å². The van der Waals surface area contributed by atoms with Gasteiger partial charge in [0.1, 0.15) is 0 Å². The molecule has 148 valence electrons. The van der Waals surface area contributed by atoms with Gasteiger partial charge in [0.25, 0.3) is 5.78 Å². The Morgan fingerprint density at radius 2 is 1.82 bits per heavy atom. The zero-order valence-corrected chi connectivity index (χ0v) is 17.5. The summed E-state index contributed by atoms with van der Waals surface area (Å²) in [6, 6.07) is 5.02. The smallest absolute Gasteiger partial charge is 0.259 e. The van der Waals surface area contributed by atoms with Crippen LogP contribution >= 0.6 is 35.0 Å². The third kappa shape index (κ3) is 4.75. The number of carbonyl (C=O) groups excluding carboxylic acids is 1. The molecule has 0 atom stereocenters. The van der Waals surface area contributed by atoms with E-state index >= 15 is 0 Å². The maximum absolute atomic E-state index is 12.3. The molecule has 3 aromatic rings. The van der Waals surface area contributed by atoms with Gasteiger partial charge in [0, 0.05) is 13.1 Å². The van der Waals surface area contributed by atoms with E-state index in [4.69, 9.17) is 23.2 Å². The molecule has 0 fully saturated rings. The molecule has 12 heteroatoms. The summed E-state index contributed by atoms with van der Waals surface area (Å²) in [6.45, 7) is 5.26. The number of carbonyl (C=O) groups is 1. The van der Waals surface area contributed by atoms with Gasteiger partial charge in [-0.15, -0.1) is 5.10 Å². The summed E-state index contributed by atoms with van der Waals surface area (Å²) < 4.78 is 1.51. The van der Waals surface area contributed by atoms with Gasteiger partial charge in [-0.25, -0.2) is 0 Å². The Labute approximate surface area is 175 Å². The van der Waals surface area contributed by atoms with Crippen LogP contribution in [0.5, 0.6) is 0 Å². The topological polar surface area (TPSA) is 109 Å². The number of para-hydroxylation sites is 1. The predicted octanol–water partition coefficient (Wildman–Crippen LogP) is 3.42. The minimum atomic E-state index is -0.273. The van der Waals surface area contributed by atoms with Crippen molar-refractivity contribution in [2.75, 3.05) is 34.8 Å². The molecule has 2 heterocycles. The van der Waals surface area contributed by atoms with Crippen LogP contribution in [-0.2, 0) is 4.79 Å². The highest BCUT2D eigenvalue weighted by Gasteiger charge is 2.15. The molecule has 0 unspecified atom stereocenters. The normalized spacial score (nSPS) is 10.9. The van der Waals surface area contributed by atoms with Gasteiger partial charge >= 0.3 is 0 Å². The zero-order chi connectivity index (χ0) is 20.1. The van der Waals surface area contributed by atoms with Gasteiger partial charge in [0.15, 0.2) is 0 Å². The number of rotatable bonds is 8. The maximum Gasteiger partial charge on any atom is 0.259 e. The largest absolute Gasteiger partial charge is 0.354 e. The summed E-state index contributed by atoms with van der Waals surface area (Å²) in [5.74, 6) is 1.18. The minimum Gasteiger partial charge on any atom is -0.354 e. The summed E-state index contributed by atoms with van der Waals surface area (Å²) in [5.41, 5.74) is 0.384. The molecule has 28 heavy (non-hydrogen) atoms. The molecule has 0 spiro atoms. The van der Waals surface area contributed by atoms with E-state index in [1.807, 2.05) is 13.8 Å². The van der Waals surface area contributed by atoms with Gasteiger partial charge in [-0.05, 0) is 26.0 Å². The number of amides is 1. The van der Waals surface area contributed by atoms with Crippen molar-refractivity contribution in [2.45, 2.75) is 19.0 Å². The Hall–Kier alpha value is -2.30. The van der Waals surface area contributed by atoms with Crippen molar-refractivity contribution in [2.24, 2.45) is 0 Å². The Morgan fingerprint density at radius 3 is 2.50 bits per heavy atom. The van der Waals surface area contributed by atoms with Crippen LogP contribution < -0.4 is 16.0 Å². The minimum absolute atomic E-state index is 0.0858. The van der Waals surface area contributed by atoms with E-state index in [0.717, 1.165) is 0 Å². The van der Waals surface area contributed by atoms with E-state index in [2.05, 4.69) is 36.0 Å². The van der Waals surface area contributed by atoms with E-state index in [1.165, 1.54) is 16.3 Å². The van der Waals surface area contributed by atoms with Crippen LogP contribution in [0.3, 0.4) is 0 Å². The lowest BCUT2D eigenvalue weighted by molar-refractivity contribution is -0.113. The van der Waals surface area contributed by atoms with Gasteiger partial charge in [-0.2, -0.15) is 19.5 Å². The molecule has 0 radical (unpaired) electrons. The molecule has 0 saturated carbocycles. The van der Waals surface area contributed by atoms with Gasteiger partial charge in [-0.3, -0.25) is 4.79 Å². The number of thioether (sulfide) groups is 1. The molecule has 1 aromatic carbocycles. The number of halogens is 2. The first-order valence-electron chi connectivity index (χ1n) is 8.51. The third-order valence-electron chi connectivity index (χ3n) is 3.42. The molecule has 0 saturated heterocycles. The maximum atomic E-state index is 12.3. The zero-order valence-electron chi connectivity index (χ0n) is 15.2. The number of benzene rings is 1. The number of fused-ring (bicyclic) bond motifs is 1. The number of hydrogen-bond acceptors (Lipinski definition) is 8. The lowest BCUT2D eigenvalue weighted by Crippen LogP contribution is -2.14. The second-order valence-corrected chi connectivity index (χ2v) is 7.23. The van der Waals surface area contributed by atoms with E-state index in [-0.39, 0.29) is 11.7 Å². The van der Waals surface area contributed by atoms with Crippen molar-refractivity contribution in [1.29, 1.82) is 0 Å². The second kappa shape index (κ2) is 9.26. The lowest BCUT2D eigenvalue weighted by atomic mass is 10.3. The highest BCUT2D eigenvalue weighted by atomic mass is 35.5. The molecule has 2 aromatic heterocycles. The average molecular weight is 441 g/mol. The first kappa shape index (κ1) is 20.4. The Bertz CT molecular complexity index is 976. The Morgan fingerprint density at radius 1 is 1.11 bits per heavy atom. The molecular weight excluding hydrogens is 423 g/mol. The highest BCUT2D eigenvalue weighted by molar-refractivity contribution is 7.99. The molecule has 9 nitrogen and oxygen atoms in total. The standard InChI is InChI=1S/C16H18Cl2N8OS/c1-3-19-13-22-14(20-4-2)26-15(23-13)24-16(25-26)28-8-11(27)21-12-9(17)6-5-7-10(12)18/h5-7H,3-4,8H2,1-2H3,(H,21,27)(H2,19,20,22,23,24,25). The van der Waals surface area contributed by atoms with E-state index < -0.39 is 0 Å². The molecule has 3 rings (SSSR count). The van der Waals surface area contributed by atoms with Crippen LogP contribution in [0.2, 0.25) is 10.0 Å². The van der Waals surface area contributed by atoms with Crippen LogP contribution in [0.15, 0.2) is 23.4 Å². The number of hydrogen-bond donors (Lipinski definition) is 3. The number of anilines is 3. The van der Waals surface area contributed by atoms with Gasteiger partial charge in [0.2, 0.25) is 23.0 Å². The Kier molecular flexibility index (Phi) is 6.76. The van der Waals surface area contributed by atoms with E-state index in [9.17, 15) is 4.79 Å². The molecule has 3 N–H and O–H groups in total. The summed E-state index contributed by atoms with van der Waals surface area (Å²) in [6.07, 6.45) is 0. The molecule has 0 aliphatic carbocycles. The SMILES string of the molecule is CCNc1nc(NCC)n2nc(SCC(=O)Nc3c(Cl)cccc3Cl)nc2n1. The van der Waals surface area contributed by atoms with Crippen LogP contribution in [0.1, 0.15) is 13.8 Å². The molecular formula is C16H18Cl2N8OS. The van der Waals surface area contributed by atoms with Crippen molar-refractivity contribution in [3.05, 3.63) is 28.2 Å². The Balaban J connectivity index is 1.73. The van der Waals surface area contributed by atoms with Gasteiger partial charge in [-0.1, -0.05) is 41.0 Å². The third-order valence-corrected chi connectivity index (χ3v) is 4.89. The lowest BCUT2D eigenvalue weighted by Gasteiger charge is -2.08. The fourth-order valence-corrected chi connectivity index (χ4v) is 3.37. The summed E-state index contributed by atoms with van der Waals surface area (Å²) in [7, 11) is 0. The van der Waals surface area contributed by atoms with Crippen molar-refractivity contribution in [3.8, 4) is 0 Å². The predicted molar refractivity (Wildman–Crippen MR) is 113 cm³/mol. The number of aromatic nitrogens is 5. The van der Waals surface area contributed by atoms with Crippen LogP contribution in [0.25, 0.3) is 5.78 Å². The highest BCUT2D eigenvalue weighted by Crippen LogP contribution is 2.30.